The van der Waals surface area contributed by atoms with Crippen LogP contribution in [0.4, 0.5) is 0 Å². The van der Waals surface area contributed by atoms with Crippen molar-refractivity contribution < 1.29 is 15.0 Å². The number of aliphatic hydroxyl groups excluding tert-OH is 2. The molecular weight excluding hydrogens is 494 g/mol. The Kier molecular flexibility index (Phi) is 8.16. The van der Waals surface area contributed by atoms with Crippen molar-refractivity contribution in [2.24, 2.45) is 52.3 Å². The number of likely N-dealkylation sites (tertiary alicyclic amines) is 1. The van der Waals surface area contributed by atoms with Crippen LogP contribution in [0.5, 0.6) is 0 Å². The van der Waals surface area contributed by atoms with Gasteiger partial charge >= 0.3 is 0 Å². The average Bonchev–Trinajstić information content (AvgIpc) is 3.31. The molecular formula is C36H55NO3. The number of piperidine rings is 1. The summed E-state index contributed by atoms with van der Waals surface area (Å²) in [5.41, 5.74) is 2.00. The summed E-state index contributed by atoms with van der Waals surface area (Å²) < 4.78 is 0. The zero-order chi connectivity index (χ0) is 28.1. The average molecular weight is 550 g/mol. The minimum Gasteiger partial charge on any atom is -0.393 e. The number of fused-ring (bicyclic) bond motifs is 5. The van der Waals surface area contributed by atoms with E-state index in [0.717, 1.165) is 64.5 Å². The number of rotatable bonds is 6. The van der Waals surface area contributed by atoms with E-state index in [1.54, 1.807) is 0 Å². The van der Waals surface area contributed by atoms with Crippen molar-refractivity contribution >= 4 is 5.91 Å². The quantitative estimate of drug-likeness (QED) is 0.407. The standard InChI is InChI=1S/C36H55NO3/c1-24(9-12-33(40)37-19-15-26(16-20-37)21-25-7-5-4-6-8-25)29-10-11-30-34-31(14-18-36(29,30)3)35(2)17-13-28(38)22-27(35)23-32(34)39/h4-8,24,26-32,34,38-39H,9-23H2,1-3H3. The second kappa shape index (κ2) is 11.4. The van der Waals surface area contributed by atoms with E-state index in [9.17, 15) is 15.0 Å². The molecule has 1 aliphatic heterocycles. The minimum absolute atomic E-state index is 0.171. The van der Waals surface area contributed by atoms with E-state index >= 15 is 0 Å². The summed E-state index contributed by atoms with van der Waals surface area (Å²) in [6, 6.07) is 10.8. The van der Waals surface area contributed by atoms with Crippen molar-refractivity contribution in [3.8, 4) is 0 Å². The summed E-state index contributed by atoms with van der Waals surface area (Å²) in [4.78, 5) is 15.4. The second-order valence-electron chi connectivity index (χ2n) is 15.5. The van der Waals surface area contributed by atoms with Crippen LogP contribution in [-0.2, 0) is 11.2 Å². The molecule has 0 aromatic heterocycles. The highest BCUT2D eigenvalue weighted by molar-refractivity contribution is 5.76. The van der Waals surface area contributed by atoms with Crippen molar-refractivity contribution in [1.29, 1.82) is 0 Å². The normalized spacial score (nSPS) is 42.5. The lowest BCUT2D eigenvalue weighted by Crippen LogP contribution is -2.58. The first-order valence-corrected chi connectivity index (χ1v) is 16.9. The van der Waals surface area contributed by atoms with Gasteiger partial charge in [-0.1, -0.05) is 51.1 Å². The first-order chi connectivity index (χ1) is 19.2. The van der Waals surface area contributed by atoms with E-state index in [4.69, 9.17) is 0 Å². The van der Waals surface area contributed by atoms with Crippen LogP contribution in [0.1, 0.15) is 103 Å². The van der Waals surface area contributed by atoms with Gasteiger partial charge in [0.15, 0.2) is 0 Å². The Balaban J connectivity index is 1.03. The van der Waals surface area contributed by atoms with Gasteiger partial charge in [0.05, 0.1) is 12.2 Å². The Morgan fingerprint density at radius 3 is 2.38 bits per heavy atom. The molecule has 5 aliphatic rings. The summed E-state index contributed by atoms with van der Waals surface area (Å²) in [5.74, 6) is 4.39. The number of hydrogen-bond donors (Lipinski definition) is 2. The highest BCUT2D eigenvalue weighted by Gasteiger charge is 2.62. The van der Waals surface area contributed by atoms with Gasteiger partial charge in [0, 0.05) is 19.5 Å². The van der Waals surface area contributed by atoms with Crippen molar-refractivity contribution in [2.45, 2.75) is 116 Å². The van der Waals surface area contributed by atoms with Gasteiger partial charge in [-0.2, -0.15) is 0 Å². The molecule has 4 heteroatoms. The largest absolute Gasteiger partial charge is 0.393 e. The molecule has 4 aliphatic carbocycles. The van der Waals surface area contributed by atoms with E-state index in [-0.39, 0.29) is 23.0 Å². The molecule has 4 saturated carbocycles. The number of hydrogen-bond acceptors (Lipinski definition) is 3. The maximum absolute atomic E-state index is 13.2. The first-order valence-electron chi connectivity index (χ1n) is 16.9. The lowest BCUT2D eigenvalue weighted by molar-refractivity contribution is -0.174. The van der Waals surface area contributed by atoms with E-state index in [2.05, 4.69) is 56.0 Å². The maximum Gasteiger partial charge on any atom is 0.222 e. The van der Waals surface area contributed by atoms with Gasteiger partial charge in [-0.25, -0.2) is 0 Å². The maximum atomic E-state index is 13.2. The van der Waals surface area contributed by atoms with Crippen LogP contribution in [-0.4, -0.2) is 46.3 Å². The van der Waals surface area contributed by atoms with Gasteiger partial charge in [-0.3, -0.25) is 4.79 Å². The fraction of sp³-hybridized carbons (Fsp3) is 0.806. The van der Waals surface area contributed by atoms with Crippen LogP contribution in [0.25, 0.3) is 0 Å². The predicted octanol–water partition coefficient (Wildman–Crippen LogP) is 6.87. The fourth-order valence-electron chi connectivity index (χ4n) is 11.2. The molecule has 10 unspecified atom stereocenters. The van der Waals surface area contributed by atoms with Crippen molar-refractivity contribution in [3.05, 3.63) is 35.9 Å². The van der Waals surface area contributed by atoms with Gasteiger partial charge in [0.2, 0.25) is 5.91 Å². The lowest BCUT2D eigenvalue weighted by Gasteiger charge is -2.62. The molecule has 40 heavy (non-hydrogen) atoms. The SMILES string of the molecule is CC(CCC(=O)N1CCC(Cc2ccccc2)CC1)C1CCC2C3C(O)CC4CC(O)CCC4(C)C3CCC12C. The van der Waals surface area contributed by atoms with E-state index in [1.165, 1.54) is 31.2 Å². The Bertz CT molecular complexity index is 1020. The van der Waals surface area contributed by atoms with Crippen LogP contribution < -0.4 is 0 Å². The Morgan fingerprint density at radius 1 is 0.925 bits per heavy atom. The molecule has 1 saturated heterocycles. The first kappa shape index (κ1) is 28.7. The van der Waals surface area contributed by atoms with Crippen molar-refractivity contribution in [3.63, 3.8) is 0 Å². The van der Waals surface area contributed by atoms with Gasteiger partial charge in [-0.15, -0.1) is 0 Å². The van der Waals surface area contributed by atoms with Crippen molar-refractivity contribution in [1.82, 2.24) is 4.90 Å². The molecule has 222 valence electrons. The zero-order valence-electron chi connectivity index (χ0n) is 25.4. The molecule has 1 aromatic carbocycles. The van der Waals surface area contributed by atoms with Crippen LogP contribution in [0.2, 0.25) is 0 Å². The van der Waals surface area contributed by atoms with Crippen LogP contribution in [0.3, 0.4) is 0 Å². The molecule has 5 fully saturated rings. The third-order valence-electron chi connectivity index (χ3n) is 13.6. The lowest BCUT2D eigenvalue weighted by atomic mass is 9.43. The topological polar surface area (TPSA) is 60.8 Å². The smallest absolute Gasteiger partial charge is 0.222 e. The van der Waals surface area contributed by atoms with Gasteiger partial charge < -0.3 is 15.1 Å². The van der Waals surface area contributed by atoms with Crippen LogP contribution >= 0.6 is 0 Å². The molecule has 0 spiro atoms. The third-order valence-corrected chi connectivity index (χ3v) is 13.6. The van der Waals surface area contributed by atoms with E-state index in [1.807, 2.05) is 0 Å². The highest BCUT2D eigenvalue weighted by atomic mass is 16.3. The number of benzene rings is 1. The van der Waals surface area contributed by atoms with Gasteiger partial charge in [-0.05, 0) is 135 Å². The van der Waals surface area contributed by atoms with E-state index in [0.29, 0.717) is 53.8 Å². The molecule has 1 heterocycles. The molecule has 6 rings (SSSR count). The highest BCUT2D eigenvalue weighted by Crippen LogP contribution is 2.68. The predicted molar refractivity (Wildman–Crippen MR) is 160 cm³/mol. The Morgan fingerprint density at radius 2 is 1.62 bits per heavy atom. The molecule has 1 amide bonds. The summed E-state index contributed by atoms with van der Waals surface area (Å²) in [6.45, 7) is 9.31. The number of carbonyl (C=O) groups excluding carboxylic acids is 1. The van der Waals surface area contributed by atoms with Crippen LogP contribution in [0, 0.1) is 52.3 Å². The minimum atomic E-state index is -0.210. The second-order valence-corrected chi connectivity index (χ2v) is 15.5. The van der Waals surface area contributed by atoms with Crippen LogP contribution in [0.15, 0.2) is 30.3 Å². The summed E-state index contributed by atoms with van der Waals surface area (Å²) in [6.07, 6.45) is 13.6. The molecule has 1 aromatic rings. The molecule has 2 N–H and O–H groups in total. The molecule has 0 bridgehead atoms. The number of nitrogens with zero attached hydrogens (tertiary/aromatic N) is 1. The monoisotopic (exact) mass is 549 g/mol. The summed E-state index contributed by atoms with van der Waals surface area (Å²) >= 11 is 0. The van der Waals surface area contributed by atoms with Gasteiger partial charge in [0.25, 0.3) is 0 Å². The Labute approximate surface area is 243 Å². The Hall–Kier alpha value is -1.39. The van der Waals surface area contributed by atoms with Gasteiger partial charge in [0.1, 0.15) is 0 Å². The van der Waals surface area contributed by atoms with E-state index < -0.39 is 0 Å². The number of aliphatic hydroxyl groups is 2. The zero-order valence-corrected chi connectivity index (χ0v) is 25.4. The molecule has 10 atom stereocenters. The fourth-order valence-corrected chi connectivity index (χ4v) is 11.2. The summed E-state index contributed by atoms with van der Waals surface area (Å²) in [7, 11) is 0. The number of amides is 1. The third kappa shape index (κ3) is 5.19. The van der Waals surface area contributed by atoms with Crippen molar-refractivity contribution in [2.75, 3.05) is 13.1 Å². The number of carbonyl (C=O) groups is 1. The molecule has 4 nitrogen and oxygen atoms in total. The molecule has 0 radical (unpaired) electrons. The summed E-state index contributed by atoms with van der Waals surface area (Å²) in [5, 5.41) is 21.9.